The maximum atomic E-state index is 13.4. The molecule has 3 heterocycles. The van der Waals surface area contributed by atoms with Gasteiger partial charge >= 0.3 is 0 Å². The first-order valence-corrected chi connectivity index (χ1v) is 13.2. The second kappa shape index (κ2) is 11.4. The van der Waals surface area contributed by atoms with Crippen LogP contribution in [-0.4, -0.2) is 34.6 Å². The Morgan fingerprint density at radius 2 is 1.97 bits per heavy atom. The van der Waals surface area contributed by atoms with Gasteiger partial charge in [0, 0.05) is 34.8 Å². The summed E-state index contributed by atoms with van der Waals surface area (Å²) in [5.74, 6) is -0.206. The quantitative estimate of drug-likeness (QED) is 0.217. The fourth-order valence-electron chi connectivity index (χ4n) is 3.91. The van der Waals surface area contributed by atoms with Crippen molar-refractivity contribution in [2.45, 2.75) is 19.3 Å². The molecule has 0 fully saturated rings. The molecule has 0 saturated carbocycles. The Labute approximate surface area is 227 Å². The molecule has 0 spiro atoms. The summed E-state index contributed by atoms with van der Waals surface area (Å²) in [5.41, 5.74) is 3.81. The first-order chi connectivity index (χ1) is 18.0. The summed E-state index contributed by atoms with van der Waals surface area (Å²) >= 11 is 13.5. The standard InChI is InChI=1S/C27H21Cl2FN4O2S/c28-20-6-2-1-4-16(20)5-3-10-32-27-34-23(15-37-27)26-25-19(9-11-31-26)24(35)12-17(33-25)14-36-18-7-8-22(30)21(29)13-18/h1-2,4,6-9,11,13,15H,3,5,10,12,14H2,(H,32,34). The maximum absolute atomic E-state index is 13.4. The van der Waals surface area contributed by atoms with Gasteiger partial charge in [-0.3, -0.25) is 14.8 Å². The van der Waals surface area contributed by atoms with Crippen molar-refractivity contribution >= 4 is 56.9 Å². The molecule has 10 heteroatoms. The van der Waals surface area contributed by atoms with Crippen LogP contribution in [0.4, 0.5) is 15.2 Å². The van der Waals surface area contributed by atoms with Gasteiger partial charge in [-0.2, -0.15) is 0 Å². The molecule has 0 amide bonds. The van der Waals surface area contributed by atoms with Crippen LogP contribution in [0.25, 0.3) is 11.4 Å². The minimum atomic E-state index is -0.526. The molecule has 0 bridgehead atoms. The fourth-order valence-corrected chi connectivity index (χ4v) is 5.04. The number of nitrogens with one attached hydrogen (secondary N) is 1. The average Bonchev–Trinajstić information content (AvgIpc) is 3.37. The van der Waals surface area contributed by atoms with Crippen LogP contribution in [-0.2, 0) is 6.42 Å². The lowest BCUT2D eigenvalue weighted by molar-refractivity contribution is 0.0998. The Balaban J connectivity index is 1.27. The number of hydrogen-bond acceptors (Lipinski definition) is 7. The molecule has 0 unspecified atom stereocenters. The van der Waals surface area contributed by atoms with Crippen LogP contribution in [0.15, 0.2) is 65.1 Å². The third-order valence-corrected chi connectivity index (χ3v) is 7.22. The normalized spacial score (nSPS) is 12.7. The summed E-state index contributed by atoms with van der Waals surface area (Å²) in [5, 5.41) is 6.74. The van der Waals surface area contributed by atoms with Crippen LogP contribution in [0.3, 0.4) is 0 Å². The molecule has 2 aromatic heterocycles. The molecule has 5 rings (SSSR count). The number of aromatic nitrogens is 2. The molecule has 0 radical (unpaired) electrons. The van der Waals surface area contributed by atoms with Crippen LogP contribution >= 0.6 is 34.5 Å². The largest absolute Gasteiger partial charge is 0.488 e. The highest BCUT2D eigenvalue weighted by Crippen LogP contribution is 2.36. The molecule has 4 aromatic rings. The van der Waals surface area contributed by atoms with Crippen molar-refractivity contribution in [2.75, 3.05) is 18.5 Å². The summed E-state index contributed by atoms with van der Waals surface area (Å²) in [6.07, 6.45) is 3.49. The summed E-state index contributed by atoms with van der Waals surface area (Å²) < 4.78 is 19.1. The van der Waals surface area contributed by atoms with E-state index < -0.39 is 5.82 Å². The number of benzene rings is 2. The fraction of sp³-hybridized carbons (Fsp3) is 0.185. The van der Waals surface area contributed by atoms with E-state index in [9.17, 15) is 9.18 Å². The number of ether oxygens (including phenoxy) is 1. The van der Waals surface area contributed by atoms with Crippen molar-refractivity contribution in [3.8, 4) is 17.1 Å². The Morgan fingerprint density at radius 1 is 1.11 bits per heavy atom. The summed E-state index contributed by atoms with van der Waals surface area (Å²) in [6.45, 7) is 0.806. The molecule has 0 aliphatic carbocycles. The molecular formula is C27H21Cl2FN4O2S. The molecular weight excluding hydrogens is 534 g/mol. The second-order valence-corrected chi connectivity index (χ2v) is 10.0. The number of pyridine rings is 1. The first-order valence-electron chi connectivity index (χ1n) is 11.6. The zero-order valence-corrected chi connectivity index (χ0v) is 21.8. The number of carbonyl (C=O) groups is 1. The number of nitrogens with zero attached hydrogens (tertiary/aromatic N) is 3. The molecule has 37 heavy (non-hydrogen) atoms. The molecule has 1 aliphatic heterocycles. The number of anilines is 1. The minimum Gasteiger partial charge on any atom is -0.488 e. The Kier molecular flexibility index (Phi) is 7.79. The van der Waals surface area contributed by atoms with Gasteiger partial charge in [-0.05, 0) is 42.7 Å². The van der Waals surface area contributed by atoms with Crippen molar-refractivity contribution in [2.24, 2.45) is 4.99 Å². The number of carbonyl (C=O) groups excluding carboxylic acids is 1. The molecule has 0 saturated heterocycles. The molecule has 1 aliphatic rings. The third-order valence-electron chi connectivity index (χ3n) is 5.76. The zero-order valence-electron chi connectivity index (χ0n) is 19.5. The van der Waals surface area contributed by atoms with E-state index in [1.54, 1.807) is 12.3 Å². The lowest BCUT2D eigenvalue weighted by atomic mass is 9.99. The van der Waals surface area contributed by atoms with Crippen LogP contribution in [0.5, 0.6) is 5.75 Å². The molecule has 0 atom stereocenters. The third kappa shape index (κ3) is 5.98. The van der Waals surface area contributed by atoms with E-state index in [0.717, 1.165) is 35.1 Å². The Bertz CT molecular complexity index is 1490. The van der Waals surface area contributed by atoms with E-state index in [-0.39, 0.29) is 23.8 Å². The SMILES string of the molecule is O=C1CC(COc2ccc(F)c(Cl)c2)=Nc2c1ccnc2-c1csc(NCCCc2ccccc2Cl)n1. The van der Waals surface area contributed by atoms with Gasteiger partial charge < -0.3 is 10.1 Å². The number of hydrogen-bond donors (Lipinski definition) is 1. The number of Topliss-reactive ketones (excluding diaryl/α,β-unsaturated/α-hetero) is 1. The number of thiazole rings is 1. The van der Waals surface area contributed by atoms with Gasteiger partial charge in [0.1, 0.15) is 35.2 Å². The van der Waals surface area contributed by atoms with Gasteiger partial charge in [-0.15, -0.1) is 11.3 Å². The summed E-state index contributed by atoms with van der Waals surface area (Å²) in [4.78, 5) is 26.7. The molecule has 2 aromatic carbocycles. The monoisotopic (exact) mass is 554 g/mol. The Hall–Kier alpha value is -3.33. The van der Waals surface area contributed by atoms with Gasteiger partial charge in [0.25, 0.3) is 0 Å². The number of aryl methyl sites for hydroxylation is 1. The first kappa shape index (κ1) is 25.3. The van der Waals surface area contributed by atoms with E-state index in [2.05, 4.69) is 20.3 Å². The van der Waals surface area contributed by atoms with Crippen LogP contribution in [0, 0.1) is 5.82 Å². The van der Waals surface area contributed by atoms with Crippen molar-refractivity contribution in [1.82, 2.24) is 9.97 Å². The van der Waals surface area contributed by atoms with Gasteiger partial charge in [-0.1, -0.05) is 41.4 Å². The Morgan fingerprint density at radius 3 is 2.81 bits per heavy atom. The zero-order chi connectivity index (χ0) is 25.8. The predicted octanol–water partition coefficient (Wildman–Crippen LogP) is 7.43. The van der Waals surface area contributed by atoms with Crippen molar-refractivity contribution in [3.05, 3.63) is 87.1 Å². The van der Waals surface area contributed by atoms with Crippen molar-refractivity contribution in [1.29, 1.82) is 0 Å². The van der Waals surface area contributed by atoms with E-state index in [0.29, 0.717) is 34.1 Å². The lowest BCUT2D eigenvalue weighted by Crippen LogP contribution is -2.20. The molecule has 1 N–H and O–H groups in total. The number of fused-ring (bicyclic) bond motifs is 1. The van der Waals surface area contributed by atoms with Crippen molar-refractivity contribution < 1.29 is 13.9 Å². The van der Waals surface area contributed by atoms with Gasteiger partial charge in [0.15, 0.2) is 10.9 Å². The smallest absolute Gasteiger partial charge is 0.183 e. The summed E-state index contributed by atoms with van der Waals surface area (Å²) in [6, 6.07) is 13.6. The van der Waals surface area contributed by atoms with E-state index >= 15 is 0 Å². The van der Waals surface area contributed by atoms with Crippen LogP contribution in [0.1, 0.15) is 28.8 Å². The number of rotatable bonds is 9. The molecule has 6 nitrogen and oxygen atoms in total. The lowest BCUT2D eigenvalue weighted by Gasteiger charge is -2.17. The molecule has 188 valence electrons. The van der Waals surface area contributed by atoms with E-state index in [1.165, 1.54) is 29.5 Å². The van der Waals surface area contributed by atoms with Gasteiger partial charge in [0.2, 0.25) is 0 Å². The predicted molar refractivity (Wildman–Crippen MR) is 147 cm³/mol. The number of aliphatic imine (C=N–C) groups is 1. The minimum absolute atomic E-state index is 0.0344. The summed E-state index contributed by atoms with van der Waals surface area (Å²) in [7, 11) is 0. The number of ketones is 1. The van der Waals surface area contributed by atoms with E-state index in [1.807, 2.05) is 29.6 Å². The highest BCUT2D eigenvalue weighted by Gasteiger charge is 2.25. The van der Waals surface area contributed by atoms with Crippen molar-refractivity contribution in [3.63, 3.8) is 0 Å². The number of halogens is 3. The highest BCUT2D eigenvalue weighted by molar-refractivity contribution is 7.14. The maximum Gasteiger partial charge on any atom is 0.183 e. The van der Waals surface area contributed by atoms with Crippen LogP contribution in [0.2, 0.25) is 10.0 Å². The van der Waals surface area contributed by atoms with Gasteiger partial charge in [-0.25, -0.2) is 9.37 Å². The average molecular weight is 555 g/mol. The highest BCUT2D eigenvalue weighted by atomic mass is 35.5. The van der Waals surface area contributed by atoms with Gasteiger partial charge in [0.05, 0.1) is 17.2 Å². The van der Waals surface area contributed by atoms with Crippen LogP contribution < -0.4 is 10.1 Å². The topological polar surface area (TPSA) is 76.5 Å². The second-order valence-electron chi connectivity index (χ2n) is 8.36. The van der Waals surface area contributed by atoms with E-state index in [4.69, 9.17) is 27.9 Å².